The van der Waals surface area contributed by atoms with Gasteiger partial charge in [0.1, 0.15) is 0 Å². The van der Waals surface area contributed by atoms with E-state index in [2.05, 4.69) is 113 Å². The number of hydrogen-bond donors (Lipinski definition) is 0. The summed E-state index contributed by atoms with van der Waals surface area (Å²) in [5.41, 5.74) is 5.21. The molecular formula is C23H16IN. The van der Waals surface area contributed by atoms with Crippen LogP contribution in [0.4, 0.5) is 0 Å². The fourth-order valence-electron chi connectivity index (χ4n) is 3.96. The Morgan fingerprint density at radius 1 is 0.680 bits per heavy atom. The molecule has 0 bridgehead atoms. The molecule has 0 saturated carbocycles. The van der Waals surface area contributed by atoms with Gasteiger partial charge in [-0.2, -0.15) is 0 Å². The van der Waals surface area contributed by atoms with E-state index in [1.165, 1.54) is 47.3 Å². The van der Waals surface area contributed by atoms with Gasteiger partial charge in [-0.1, -0.05) is 72.8 Å². The quantitative estimate of drug-likeness (QED) is 0.258. The highest BCUT2D eigenvalue weighted by atomic mass is 127. The molecule has 1 heterocycles. The number of benzene rings is 4. The molecule has 1 aromatic heterocycles. The van der Waals surface area contributed by atoms with E-state index >= 15 is 0 Å². The number of para-hydroxylation sites is 1. The summed E-state index contributed by atoms with van der Waals surface area (Å²) in [4.78, 5) is 0. The molecule has 0 aliphatic carbocycles. The predicted octanol–water partition coefficient (Wildman–Crippen LogP) is 6.76. The van der Waals surface area contributed by atoms with Gasteiger partial charge in [-0.05, 0) is 39.6 Å². The van der Waals surface area contributed by atoms with E-state index in [0.29, 0.717) is 0 Å². The van der Waals surface area contributed by atoms with Crippen LogP contribution in [0.3, 0.4) is 0 Å². The van der Waals surface area contributed by atoms with E-state index in [4.69, 9.17) is 0 Å². The summed E-state index contributed by atoms with van der Waals surface area (Å²) in [5, 5.41) is 5.32. The van der Waals surface area contributed by atoms with Crippen LogP contribution in [0.5, 0.6) is 0 Å². The standard InChI is InChI=1S/C23H16IN/c1-25-19-14-8-7-13-18(19)21-20(15-9-3-2-4-10-15)22(24)16-11-5-6-12-17(16)23(21)25/h2-14H,1H3. The zero-order valence-corrected chi connectivity index (χ0v) is 16.0. The molecule has 5 aromatic rings. The maximum Gasteiger partial charge on any atom is 0.0575 e. The Bertz CT molecular complexity index is 1250. The molecule has 0 spiro atoms. The first-order chi connectivity index (χ1) is 12.3. The molecular weight excluding hydrogens is 417 g/mol. The highest BCUT2D eigenvalue weighted by Gasteiger charge is 2.19. The van der Waals surface area contributed by atoms with E-state index in [1.54, 1.807) is 0 Å². The minimum absolute atomic E-state index is 1.28. The third-order valence-corrected chi connectivity index (χ3v) is 6.18. The van der Waals surface area contributed by atoms with Gasteiger partial charge in [0.2, 0.25) is 0 Å². The van der Waals surface area contributed by atoms with Crippen LogP contribution in [0.15, 0.2) is 78.9 Å². The summed E-state index contributed by atoms with van der Waals surface area (Å²) in [6, 6.07) is 28.2. The summed E-state index contributed by atoms with van der Waals surface area (Å²) in [7, 11) is 2.18. The van der Waals surface area contributed by atoms with Gasteiger partial charge < -0.3 is 4.57 Å². The van der Waals surface area contributed by atoms with Crippen molar-refractivity contribution in [3.8, 4) is 11.1 Å². The lowest BCUT2D eigenvalue weighted by Crippen LogP contribution is -1.92. The van der Waals surface area contributed by atoms with Crippen LogP contribution in [-0.4, -0.2) is 4.57 Å². The van der Waals surface area contributed by atoms with Gasteiger partial charge in [-0.3, -0.25) is 0 Å². The molecule has 120 valence electrons. The second kappa shape index (κ2) is 5.60. The maximum absolute atomic E-state index is 2.52. The Hall–Kier alpha value is -2.33. The number of hydrogen-bond acceptors (Lipinski definition) is 0. The summed E-state index contributed by atoms with van der Waals surface area (Å²) in [6.07, 6.45) is 0. The monoisotopic (exact) mass is 433 g/mol. The molecule has 4 aromatic carbocycles. The number of fused-ring (bicyclic) bond motifs is 5. The molecule has 1 nitrogen and oxygen atoms in total. The fraction of sp³-hybridized carbons (Fsp3) is 0.0435. The van der Waals surface area contributed by atoms with Crippen LogP contribution >= 0.6 is 22.6 Å². The van der Waals surface area contributed by atoms with E-state index in [0.717, 1.165) is 0 Å². The number of aryl methyl sites for hydroxylation is 1. The van der Waals surface area contributed by atoms with Crippen LogP contribution < -0.4 is 0 Å². The molecule has 0 radical (unpaired) electrons. The predicted molar refractivity (Wildman–Crippen MR) is 116 cm³/mol. The number of rotatable bonds is 1. The summed E-state index contributed by atoms with van der Waals surface area (Å²) >= 11 is 2.52. The van der Waals surface area contributed by atoms with Crippen LogP contribution in [0.25, 0.3) is 43.7 Å². The zero-order chi connectivity index (χ0) is 17.0. The molecule has 0 N–H and O–H groups in total. The molecule has 0 atom stereocenters. The number of halogens is 1. The topological polar surface area (TPSA) is 4.93 Å². The van der Waals surface area contributed by atoms with E-state index in [1.807, 2.05) is 0 Å². The minimum Gasteiger partial charge on any atom is -0.343 e. The Morgan fingerprint density at radius 2 is 1.28 bits per heavy atom. The first-order valence-electron chi connectivity index (χ1n) is 8.40. The highest BCUT2D eigenvalue weighted by molar-refractivity contribution is 14.1. The molecule has 25 heavy (non-hydrogen) atoms. The van der Waals surface area contributed by atoms with Crippen molar-refractivity contribution in [2.75, 3.05) is 0 Å². The van der Waals surface area contributed by atoms with Crippen molar-refractivity contribution in [2.24, 2.45) is 7.05 Å². The van der Waals surface area contributed by atoms with Crippen molar-refractivity contribution in [3.05, 3.63) is 82.4 Å². The molecule has 0 fully saturated rings. The fourth-order valence-corrected chi connectivity index (χ4v) is 5.01. The highest BCUT2D eigenvalue weighted by Crippen LogP contribution is 2.43. The van der Waals surface area contributed by atoms with E-state index < -0.39 is 0 Å². The van der Waals surface area contributed by atoms with Gasteiger partial charge in [0.25, 0.3) is 0 Å². The van der Waals surface area contributed by atoms with Crippen LogP contribution in [0, 0.1) is 3.57 Å². The van der Waals surface area contributed by atoms with Crippen LogP contribution in [-0.2, 0) is 7.05 Å². The van der Waals surface area contributed by atoms with Gasteiger partial charge in [0.05, 0.1) is 5.52 Å². The van der Waals surface area contributed by atoms with Gasteiger partial charge in [-0.15, -0.1) is 0 Å². The first-order valence-corrected chi connectivity index (χ1v) is 9.48. The average molecular weight is 433 g/mol. The van der Waals surface area contributed by atoms with E-state index in [9.17, 15) is 0 Å². The number of nitrogens with zero attached hydrogens (tertiary/aromatic N) is 1. The number of aromatic nitrogens is 1. The minimum atomic E-state index is 1.28. The lowest BCUT2D eigenvalue weighted by Gasteiger charge is -2.13. The lowest BCUT2D eigenvalue weighted by molar-refractivity contribution is 1.02. The third-order valence-electron chi connectivity index (χ3n) is 5.06. The first kappa shape index (κ1) is 15.0. The van der Waals surface area contributed by atoms with Gasteiger partial charge in [-0.25, -0.2) is 0 Å². The largest absolute Gasteiger partial charge is 0.343 e. The van der Waals surface area contributed by atoms with Crippen LogP contribution in [0.1, 0.15) is 0 Å². The Kier molecular flexibility index (Phi) is 3.35. The van der Waals surface area contributed by atoms with Crippen molar-refractivity contribution in [3.63, 3.8) is 0 Å². The van der Waals surface area contributed by atoms with E-state index in [-0.39, 0.29) is 0 Å². The smallest absolute Gasteiger partial charge is 0.0575 e. The van der Waals surface area contributed by atoms with Crippen molar-refractivity contribution in [1.29, 1.82) is 0 Å². The Labute approximate surface area is 160 Å². The Balaban J connectivity index is 2.15. The van der Waals surface area contributed by atoms with Crippen molar-refractivity contribution >= 4 is 55.2 Å². The van der Waals surface area contributed by atoms with Crippen molar-refractivity contribution in [1.82, 2.24) is 4.57 Å². The summed E-state index contributed by atoms with van der Waals surface area (Å²) in [6.45, 7) is 0. The lowest BCUT2D eigenvalue weighted by atomic mass is 9.95. The molecule has 0 unspecified atom stereocenters. The summed E-state index contributed by atoms with van der Waals surface area (Å²) < 4.78 is 3.67. The molecule has 0 saturated heterocycles. The molecule has 0 aliphatic rings. The molecule has 2 heteroatoms. The van der Waals surface area contributed by atoms with Crippen molar-refractivity contribution in [2.45, 2.75) is 0 Å². The maximum atomic E-state index is 2.52. The summed E-state index contributed by atoms with van der Waals surface area (Å²) in [5.74, 6) is 0. The molecule has 0 amide bonds. The molecule has 0 aliphatic heterocycles. The Morgan fingerprint density at radius 3 is 2.04 bits per heavy atom. The second-order valence-electron chi connectivity index (χ2n) is 6.40. The van der Waals surface area contributed by atoms with Gasteiger partial charge in [0.15, 0.2) is 0 Å². The third kappa shape index (κ3) is 2.07. The van der Waals surface area contributed by atoms with Gasteiger partial charge >= 0.3 is 0 Å². The van der Waals surface area contributed by atoms with Crippen molar-refractivity contribution < 1.29 is 0 Å². The van der Waals surface area contributed by atoms with Gasteiger partial charge in [0, 0.05) is 37.9 Å². The van der Waals surface area contributed by atoms with Crippen LogP contribution in [0.2, 0.25) is 0 Å². The second-order valence-corrected chi connectivity index (χ2v) is 7.48. The SMILES string of the molecule is Cn1c2ccccc2c2c(-c3ccccc3)c(I)c3ccccc3c21. The average Bonchev–Trinajstić information content (AvgIpc) is 2.96. The normalized spacial score (nSPS) is 11.6. The molecule has 5 rings (SSSR count). The zero-order valence-electron chi connectivity index (χ0n) is 13.8.